The molecule has 2 rings (SSSR count). The lowest BCUT2D eigenvalue weighted by molar-refractivity contribution is 0.822. The average Bonchev–Trinajstić information content (AvgIpc) is 2.46. The van der Waals surface area contributed by atoms with Gasteiger partial charge in [-0.25, -0.2) is 0 Å². The lowest BCUT2D eigenvalue weighted by atomic mass is 10.1. The van der Waals surface area contributed by atoms with Crippen LogP contribution in [-0.4, -0.2) is 17.4 Å². The summed E-state index contributed by atoms with van der Waals surface area (Å²) >= 11 is 0. The molecule has 0 atom stereocenters. The zero-order chi connectivity index (χ0) is 14.5. The van der Waals surface area contributed by atoms with Crippen molar-refractivity contribution in [1.82, 2.24) is 4.98 Å². The Hall–Kier alpha value is -2.36. The summed E-state index contributed by atoms with van der Waals surface area (Å²) in [4.78, 5) is 6.47. The Labute approximate surface area is 119 Å². The van der Waals surface area contributed by atoms with E-state index in [9.17, 15) is 0 Å². The Kier molecular flexibility index (Phi) is 4.35. The van der Waals surface area contributed by atoms with Gasteiger partial charge in [-0.3, -0.25) is 10.4 Å². The molecule has 0 radical (unpaired) electrons. The first-order chi connectivity index (χ1) is 9.63. The molecule has 0 spiro atoms. The quantitative estimate of drug-likeness (QED) is 0.647. The molecule has 0 amide bonds. The summed E-state index contributed by atoms with van der Waals surface area (Å²) in [6.45, 7) is 5.81. The van der Waals surface area contributed by atoms with Gasteiger partial charge in [-0.15, -0.1) is 0 Å². The van der Waals surface area contributed by atoms with E-state index < -0.39 is 0 Å². The Bertz CT molecular complexity index is 607. The van der Waals surface area contributed by atoms with E-state index in [-0.39, 0.29) is 5.84 Å². The molecule has 4 heteroatoms. The van der Waals surface area contributed by atoms with E-state index >= 15 is 0 Å². The summed E-state index contributed by atoms with van der Waals surface area (Å²) in [6.07, 6.45) is 1.67. The molecular formula is C16H20N4. The lowest BCUT2D eigenvalue weighted by Gasteiger charge is -2.25. The minimum absolute atomic E-state index is 0.0152. The fourth-order valence-electron chi connectivity index (χ4n) is 2.30. The van der Waals surface area contributed by atoms with Gasteiger partial charge in [0.1, 0.15) is 11.5 Å². The molecule has 0 fully saturated rings. The van der Waals surface area contributed by atoms with Crippen LogP contribution in [0.15, 0.2) is 42.6 Å². The third kappa shape index (κ3) is 2.96. The van der Waals surface area contributed by atoms with E-state index in [1.807, 2.05) is 24.3 Å². The number of nitrogens with one attached hydrogen (secondary N) is 1. The third-order valence-corrected chi connectivity index (χ3v) is 3.35. The molecule has 0 unspecified atom stereocenters. The maximum absolute atomic E-state index is 7.62. The number of amidine groups is 1. The largest absolute Gasteiger partial charge is 0.382 e. The highest BCUT2D eigenvalue weighted by Crippen LogP contribution is 2.21. The van der Waals surface area contributed by atoms with Crippen LogP contribution in [0.25, 0.3) is 0 Å². The summed E-state index contributed by atoms with van der Waals surface area (Å²) in [6, 6.07) is 12.2. The molecule has 2 aromatic rings. The molecule has 20 heavy (non-hydrogen) atoms. The van der Waals surface area contributed by atoms with Gasteiger partial charge in [0.15, 0.2) is 0 Å². The Morgan fingerprint density at radius 3 is 2.65 bits per heavy atom. The summed E-state index contributed by atoms with van der Waals surface area (Å²) in [7, 11) is 0. The molecule has 1 heterocycles. The first kappa shape index (κ1) is 14.1. The Morgan fingerprint density at radius 2 is 2.00 bits per heavy atom. The van der Waals surface area contributed by atoms with Crippen molar-refractivity contribution in [2.75, 3.05) is 11.4 Å². The van der Waals surface area contributed by atoms with Crippen LogP contribution in [0.1, 0.15) is 23.7 Å². The molecule has 0 bridgehead atoms. The number of pyridine rings is 1. The summed E-state index contributed by atoms with van der Waals surface area (Å²) < 4.78 is 0. The second kappa shape index (κ2) is 6.19. The zero-order valence-electron chi connectivity index (χ0n) is 11.9. The molecule has 0 saturated heterocycles. The summed E-state index contributed by atoms with van der Waals surface area (Å²) in [5, 5.41) is 7.62. The van der Waals surface area contributed by atoms with Gasteiger partial charge >= 0.3 is 0 Å². The number of aryl methyl sites for hydroxylation is 1. The highest BCUT2D eigenvalue weighted by molar-refractivity contribution is 5.94. The number of nitrogens with zero attached hydrogens (tertiary/aromatic N) is 2. The van der Waals surface area contributed by atoms with Crippen molar-refractivity contribution in [1.29, 1.82) is 5.41 Å². The van der Waals surface area contributed by atoms with Gasteiger partial charge in [0, 0.05) is 30.5 Å². The number of para-hydroxylation sites is 1. The SMILES string of the molecule is CCN(Cc1cccnc1C(=N)N)c1ccccc1C. The highest BCUT2D eigenvalue weighted by atomic mass is 15.1. The van der Waals surface area contributed by atoms with E-state index in [0.717, 1.165) is 12.1 Å². The summed E-state index contributed by atoms with van der Waals surface area (Å²) in [5.74, 6) is 0.0152. The number of hydrogen-bond acceptors (Lipinski definition) is 3. The maximum Gasteiger partial charge on any atom is 0.142 e. The van der Waals surface area contributed by atoms with Crippen LogP contribution in [0.5, 0.6) is 0 Å². The van der Waals surface area contributed by atoms with E-state index in [1.165, 1.54) is 11.3 Å². The van der Waals surface area contributed by atoms with Gasteiger partial charge in [-0.2, -0.15) is 0 Å². The van der Waals surface area contributed by atoms with Crippen molar-refractivity contribution in [3.63, 3.8) is 0 Å². The van der Waals surface area contributed by atoms with Gasteiger partial charge in [-0.05, 0) is 31.5 Å². The predicted molar refractivity (Wildman–Crippen MR) is 83.2 cm³/mol. The molecule has 0 aliphatic rings. The van der Waals surface area contributed by atoms with Crippen molar-refractivity contribution in [3.8, 4) is 0 Å². The average molecular weight is 268 g/mol. The minimum Gasteiger partial charge on any atom is -0.382 e. The van der Waals surface area contributed by atoms with Crippen LogP contribution in [-0.2, 0) is 6.54 Å². The van der Waals surface area contributed by atoms with Crippen LogP contribution < -0.4 is 10.6 Å². The third-order valence-electron chi connectivity index (χ3n) is 3.35. The lowest BCUT2D eigenvalue weighted by Crippen LogP contribution is -2.25. The maximum atomic E-state index is 7.62. The first-order valence-electron chi connectivity index (χ1n) is 6.72. The highest BCUT2D eigenvalue weighted by Gasteiger charge is 2.12. The van der Waals surface area contributed by atoms with Gasteiger partial charge in [-0.1, -0.05) is 24.3 Å². The monoisotopic (exact) mass is 268 g/mol. The van der Waals surface area contributed by atoms with Crippen molar-refractivity contribution in [2.24, 2.45) is 5.73 Å². The molecule has 4 nitrogen and oxygen atoms in total. The van der Waals surface area contributed by atoms with Crippen molar-refractivity contribution in [3.05, 3.63) is 59.4 Å². The second-order valence-electron chi connectivity index (χ2n) is 4.73. The Balaban J connectivity index is 2.32. The minimum atomic E-state index is 0.0152. The van der Waals surface area contributed by atoms with Gasteiger partial charge in [0.25, 0.3) is 0 Å². The number of anilines is 1. The molecule has 104 valence electrons. The van der Waals surface area contributed by atoms with E-state index in [0.29, 0.717) is 12.2 Å². The van der Waals surface area contributed by atoms with Crippen LogP contribution in [0, 0.1) is 12.3 Å². The molecule has 0 aliphatic carbocycles. The standard InChI is InChI=1S/C16H20N4/c1-3-20(14-9-5-4-7-12(14)2)11-13-8-6-10-19-15(13)16(17)18/h4-10H,3,11H2,1-2H3,(H3,17,18). The molecule has 1 aromatic heterocycles. The molecular weight excluding hydrogens is 248 g/mol. The summed E-state index contributed by atoms with van der Waals surface area (Å²) in [5.41, 5.74) is 9.59. The van der Waals surface area contributed by atoms with Gasteiger partial charge in [0.05, 0.1) is 0 Å². The van der Waals surface area contributed by atoms with Gasteiger partial charge in [0.2, 0.25) is 0 Å². The molecule has 0 saturated carbocycles. The zero-order valence-corrected chi connectivity index (χ0v) is 11.9. The van der Waals surface area contributed by atoms with Crippen LogP contribution >= 0.6 is 0 Å². The number of benzene rings is 1. The molecule has 3 N–H and O–H groups in total. The van der Waals surface area contributed by atoms with E-state index in [1.54, 1.807) is 6.20 Å². The molecule has 0 aliphatic heterocycles. The number of nitrogens with two attached hydrogens (primary N) is 1. The van der Waals surface area contributed by atoms with Crippen molar-refractivity contribution >= 4 is 11.5 Å². The van der Waals surface area contributed by atoms with Crippen LogP contribution in [0.2, 0.25) is 0 Å². The number of hydrogen-bond donors (Lipinski definition) is 2. The number of aromatic nitrogens is 1. The first-order valence-corrected chi connectivity index (χ1v) is 6.72. The number of rotatable bonds is 5. The van der Waals surface area contributed by atoms with Crippen molar-refractivity contribution in [2.45, 2.75) is 20.4 Å². The molecule has 1 aromatic carbocycles. The fraction of sp³-hybridized carbons (Fsp3) is 0.250. The van der Waals surface area contributed by atoms with Crippen molar-refractivity contribution < 1.29 is 0 Å². The van der Waals surface area contributed by atoms with Crippen LogP contribution in [0.3, 0.4) is 0 Å². The predicted octanol–water partition coefficient (Wildman–Crippen LogP) is 2.70. The smallest absolute Gasteiger partial charge is 0.142 e. The fourth-order valence-corrected chi connectivity index (χ4v) is 2.30. The second-order valence-corrected chi connectivity index (χ2v) is 4.73. The van der Waals surface area contributed by atoms with Gasteiger partial charge < -0.3 is 10.6 Å². The number of nitrogen functional groups attached to an aromatic ring is 1. The van der Waals surface area contributed by atoms with Crippen LogP contribution in [0.4, 0.5) is 5.69 Å². The van der Waals surface area contributed by atoms with E-state index in [4.69, 9.17) is 11.1 Å². The topological polar surface area (TPSA) is 66.0 Å². The van der Waals surface area contributed by atoms with E-state index in [2.05, 4.69) is 35.9 Å². The normalized spacial score (nSPS) is 10.3. The Morgan fingerprint density at radius 1 is 1.25 bits per heavy atom.